The molecule has 88 valence electrons. The lowest BCUT2D eigenvalue weighted by Gasteiger charge is -2.40. The van der Waals surface area contributed by atoms with E-state index in [0.29, 0.717) is 12.1 Å². The first kappa shape index (κ1) is 12.7. The Balaban J connectivity index is 2.38. The average Bonchev–Trinajstić information content (AvgIpc) is 2.13. The van der Waals surface area contributed by atoms with Gasteiger partial charge in [0.05, 0.1) is 0 Å². The zero-order chi connectivity index (χ0) is 11.4. The molecule has 0 aromatic rings. The van der Waals surface area contributed by atoms with Gasteiger partial charge in [0.25, 0.3) is 0 Å². The summed E-state index contributed by atoms with van der Waals surface area (Å²) in [6.07, 6.45) is 3.55. The van der Waals surface area contributed by atoms with Crippen molar-refractivity contribution >= 4 is 0 Å². The number of nitrogens with zero attached hydrogens (tertiary/aromatic N) is 1. The molecule has 0 bridgehead atoms. The smallest absolute Gasteiger partial charge is 0.0140 e. The number of hydrogen-bond donors (Lipinski definition) is 1. The van der Waals surface area contributed by atoms with E-state index >= 15 is 0 Å². The fourth-order valence-corrected chi connectivity index (χ4v) is 2.24. The molecule has 0 aromatic heterocycles. The summed E-state index contributed by atoms with van der Waals surface area (Å²) in [5.74, 6) is 0.761. The average molecular weight is 210 g/mol. The minimum Gasteiger partial charge on any atom is -0.310 e. The van der Waals surface area contributed by atoms with Gasteiger partial charge in [-0.05, 0) is 40.2 Å². The highest BCUT2D eigenvalue weighted by molar-refractivity contribution is 4.96. The number of likely N-dealkylation sites (tertiary alicyclic amines) is 1. The van der Waals surface area contributed by atoms with Crippen molar-refractivity contribution in [3.8, 4) is 0 Å². The molecule has 3 atom stereocenters. The van der Waals surface area contributed by atoms with Crippen molar-refractivity contribution in [2.24, 2.45) is 5.92 Å². The van der Waals surface area contributed by atoms with Crippen molar-refractivity contribution in [1.29, 1.82) is 0 Å². The van der Waals surface area contributed by atoms with Crippen molar-refractivity contribution < 1.29 is 0 Å². The van der Waals surface area contributed by atoms with E-state index in [1.165, 1.54) is 18.5 Å². The Morgan fingerprint density at radius 3 is 2.67 bits per heavy atom. The van der Waals surface area contributed by atoms with Crippen molar-refractivity contribution in [3.63, 3.8) is 0 Å². The fraction of sp³-hybridized carbons (Fsp3) is 0.846. The molecule has 0 aromatic carbocycles. The molecule has 3 unspecified atom stereocenters. The predicted molar refractivity (Wildman–Crippen MR) is 67.1 cm³/mol. The van der Waals surface area contributed by atoms with Crippen molar-refractivity contribution in [2.75, 3.05) is 20.1 Å². The van der Waals surface area contributed by atoms with Crippen LogP contribution in [0.1, 0.15) is 34.1 Å². The molecular weight excluding hydrogens is 184 g/mol. The van der Waals surface area contributed by atoms with Crippen molar-refractivity contribution in [1.82, 2.24) is 10.2 Å². The van der Waals surface area contributed by atoms with Crippen LogP contribution < -0.4 is 5.32 Å². The monoisotopic (exact) mass is 210 g/mol. The Morgan fingerprint density at radius 1 is 1.40 bits per heavy atom. The molecule has 1 heterocycles. The van der Waals surface area contributed by atoms with Crippen LogP contribution in [0, 0.1) is 5.92 Å². The van der Waals surface area contributed by atoms with Crippen LogP contribution in [0.5, 0.6) is 0 Å². The van der Waals surface area contributed by atoms with Gasteiger partial charge in [0.1, 0.15) is 0 Å². The highest BCUT2D eigenvalue weighted by Gasteiger charge is 2.27. The summed E-state index contributed by atoms with van der Waals surface area (Å²) in [5, 5.41) is 3.65. The minimum absolute atomic E-state index is 0.687. The number of hydrogen-bond acceptors (Lipinski definition) is 2. The number of allylic oxidation sites excluding steroid dienone is 1. The number of rotatable bonds is 3. The van der Waals surface area contributed by atoms with Crippen LogP contribution in [0.25, 0.3) is 0 Å². The standard InChI is InChI=1S/C13H26N2/c1-10(2)6-7-14-13-8-12(4)15(5)9-11(13)3/h6,11-14H,7-9H2,1-5H3. The maximum Gasteiger partial charge on any atom is 0.0140 e. The highest BCUT2D eigenvalue weighted by atomic mass is 15.2. The van der Waals surface area contributed by atoms with E-state index in [1.54, 1.807) is 0 Å². The molecule has 0 aliphatic carbocycles. The van der Waals surface area contributed by atoms with E-state index < -0.39 is 0 Å². The Kier molecular flexibility index (Phi) is 4.81. The van der Waals surface area contributed by atoms with Gasteiger partial charge in [0.15, 0.2) is 0 Å². The molecule has 0 saturated carbocycles. The molecule has 15 heavy (non-hydrogen) atoms. The van der Waals surface area contributed by atoms with E-state index in [2.05, 4.69) is 51.0 Å². The van der Waals surface area contributed by atoms with Gasteiger partial charge in [-0.1, -0.05) is 18.6 Å². The topological polar surface area (TPSA) is 15.3 Å². The second-order valence-electron chi connectivity index (χ2n) is 5.30. The number of nitrogens with one attached hydrogen (secondary N) is 1. The van der Waals surface area contributed by atoms with Crippen LogP contribution in [-0.2, 0) is 0 Å². The molecule has 1 rings (SSSR count). The predicted octanol–water partition coefficient (Wildman–Crippen LogP) is 2.27. The molecule has 2 nitrogen and oxygen atoms in total. The van der Waals surface area contributed by atoms with Crippen LogP contribution >= 0.6 is 0 Å². The Morgan fingerprint density at radius 2 is 2.07 bits per heavy atom. The van der Waals surface area contributed by atoms with E-state index in [-0.39, 0.29) is 0 Å². The summed E-state index contributed by atoms with van der Waals surface area (Å²) in [5.41, 5.74) is 1.40. The molecule has 1 saturated heterocycles. The van der Waals surface area contributed by atoms with Crippen LogP contribution in [0.2, 0.25) is 0 Å². The fourth-order valence-electron chi connectivity index (χ4n) is 2.24. The van der Waals surface area contributed by atoms with Crippen LogP contribution in [-0.4, -0.2) is 37.1 Å². The van der Waals surface area contributed by atoms with Gasteiger partial charge in [-0.25, -0.2) is 0 Å². The van der Waals surface area contributed by atoms with E-state index in [1.807, 2.05) is 0 Å². The van der Waals surface area contributed by atoms with Gasteiger partial charge >= 0.3 is 0 Å². The maximum atomic E-state index is 3.65. The summed E-state index contributed by atoms with van der Waals surface area (Å²) in [4.78, 5) is 2.46. The molecule has 2 heteroatoms. The second kappa shape index (κ2) is 5.66. The summed E-state index contributed by atoms with van der Waals surface area (Å²) in [7, 11) is 2.23. The normalized spacial score (nSPS) is 32.7. The van der Waals surface area contributed by atoms with Crippen molar-refractivity contribution in [3.05, 3.63) is 11.6 Å². The summed E-state index contributed by atoms with van der Waals surface area (Å²) in [6, 6.07) is 1.40. The Labute approximate surface area is 94.7 Å². The third-order valence-corrected chi connectivity index (χ3v) is 3.50. The van der Waals surface area contributed by atoms with E-state index in [4.69, 9.17) is 0 Å². The van der Waals surface area contributed by atoms with Gasteiger partial charge in [-0.3, -0.25) is 0 Å². The second-order valence-corrected chi connectivity index (χ2v) is 5.30. The Bertz CT molecular complexity index is 219. The maximum absolute atomic E-state index is 3.65. The summed E-state index contributed by atoms with van der Waals surface area (Å²) >= 11 is 0. The lowest BCUT2D eigenvalue weighted by Crippen LogP contribution is -2.50. The zero-order valence-electron chi connectivity index (χ0n) is 10.9. The Hall–Kier alpha value is -0.340. The minimum atomic E-state index is 0.687. The molecule has 0 radical (unpaired) electrons. The van der Waals surface area contributed by atoms with Gasteiger partial charge in [-0.2, -0.15) is 0 Å². The third-order valence-electron chi connectivity index (χ3n) is 3.50. The quantitative estimate of drug-likeness (QED) is 0.719. The SMILES string of the molecule is CC(C)=CCNC1CC(C)N(C)CC1C. The molecular formula is C13H26N2. The number of piperidine rings is 1. The zero-order valence-corrected chi connectivity index (χ0v) is 10.9. The van der Waals surface area contributed by atoms with E-state index in [0.717, 1.165) is 12.5 Å². The van der Waals surface area contributed by atoms with Gasteiger partial charge < -0.3 is 10.2 Å². The first-order valence-electron chi connectivity index (χ1n) is 6.07. The molecule has 1 N–H and O–H groups in total. The van der Waals surface area contributed by atoms with Crippen LogP contribution in [0.3, 0.4) is 0 Å². The first-order valence-corrected chi connectivity index (χ1v) is 6.07. The van der Waals surface area contributed by atoms with Crippen LogP contribution in [0.4, 0.5) is 0 Å². The molecule has 1 aliphatic rings. The van der Waals surface area contributed by atoms with Gasteiger partial charge in [0, 0.05) is 25.2 Å². The molecule has 1 aliphatic heterocycles. The highest BCUT2D eigenvalue weighted by Crippen LogP contribution is 2.20. The van der Waals surface area contributed by atoms with E-state index in [9.17, 15) is 0 Å². The molecule has 1 fully saturated rings. The molecule has 0 amide bonds. The van der Waals surface area contributed by atoms with Gasteiger partial charge in [-0.15, -0.1) is 0 Å². The largest absolute Gasteiger partial charge is 0.310 e. The lowest BCUT2D eigenvalue weighted by atomic mass is 9.90. The third kappa shape index (κ3) is 3.96. The lowest BCUT2D eigenvalue weighted by molar-refractivity contribution is 0.123. The van der Waals surface area contributed by atoms with Gasteiger partial charge in [0.2, 0.25) is 0 Å². The van der Waals surface area contributed by atoms with Crippen molar-refractivity contribution in [2.45, 2.75) is 46.2 Å². The van der Waals surface area contributed by atoms with Crippen LogP contribution in [0.15, 0.2) is 11.6 Å². The first-order chi connectivity index (χ1) is 7.00. The molecule has 0 spiro atoms. The summed E-state index contributed by atoms with van der Waals surface area (Å²) in [6.45, 7) is 11.2. The summed E-state index contributed by atoms with van der Waals surface area (Å²) < 4.78 is 0.